The first kappa shape index (κ1) is 15.7. The average molecular weight is 325 g/mol. The predicted molar refractivity (Wildman–Crippen MR) is 62.4 cm³/mol. The molecule has 1 aromatic carbocycles. The van der Waals surface area contributed by atoms with Crippen molar-refractivity contribution in [2.75, 3.05) is 13.2 Å². The van der Waals surface area contributed by atoms with Crippen LogP contribution < -0.4 is 4.72 Å². The molecule has 0 saturated carbocycles. The van der Waals surface area contributed by atoms with Crippen LogP contribution in [-0.2, 0) is 19.6 Å². The lowest BCUT2D eigenvalue weighted by Crippen LogP contribution is -2.42. The van der Waals surface area contributed by atoms with Gasteiger partial charge in [-0.15, -0.1) is 0 Å². The minimum absolute atomic E-state index is 0.206. The van der Waals surface area contributed by atoms with E-state index in [0.717, 1.165) is 0 Å². The van der Waals surface area contributed by atoms with Crippen LogP contribution in [0.2, 0.25) is 0 Å². The van der Waals surface area contributed by atoms with Gasteiger partial charge in [-0.2, -0.15) is 0 Å². The molecule has 0 amide bonds. The molecule has 10 heteroatoms. The first-order valence-corrected chi connectivity index (χ1v) is 7.18. The van der Waals surface area contributed by atoms with Gasteiger partial charge in [0, 0.05) is 0 Å². The molecule has 116 valence electrons. The van der Waals surface area contributed by atoms with E-state index in [1.807, 2.05) is 4.72 Å². The number of aliphatic carboxylic acids is 1. The second-order valence-electron chi connectivity index (χ2n) is 4.38. The normalized spacial score (nSPS) is 22.4. The molecule has 2 N–H and O–H groups in total. The lowest BCUT2D eigenvalue weighted by molar-refractivity contribution is -0.142. The van der Waals surface area contributed by atoms with E-state index < -0.39 is 50.3 Å². The Balaban J connectivity index is 2.31. The lowest BCUT2D eigenvalue weighted by atomic mass is 10.1. The van der Waals surface area contributed by atoms with Gasteiger partial charge in [0.1, 0.15) is 4.90 Å². The molecule has 1 saturated heterocycles. The van der Waals surface area contributed by atoms with Crippen molar-refractivity contribution >= 4 is 16.0 Å². The van der Waals surface area contributed by atoms with Gasteiger partial charge in [-0.3, -0.25) is 4.79 Å². The number of carboxylic acids is 1. The zero-order chi connectivity index (χ0) is 15.8. The van der Waals surface area contributed by atoms with Crippen LogP contribution >= 0.6 is 0 Å². The van der Waals surface area contributed by atoms with Crippen LogP contribution in [0, 0.1) is 23.4 Å². The van der Waals surface area contributed by atoms with E-state index in [1.165, 1.54) is 0 Å². The summed E-state index contributed by atoms with van der Waals surface area (Å²) in [6, 6.07) is -0.103. The smallest absolute Gasteiger partial charge is 0.310 e. The van der Waals surface area contributed by atoms with Gasteiger partial charge in [-0.25, -0.2) is 26.3 Å². The van der Waals surface area contributed by atoms with E-state index in [1.54, 1.807) is 0 Å². The highest BCUT2D eigenvalue weighted by Gasteiger charge is 2.38. The van der Waals surface area contributed by atoms with E-state index in [4.69, 9.17) is 9.84 Å². The van der Waals surface area contributed by atoms with Gasteiger partial charge in [0.2, 0.25) is 10.0 Å². The van der Waals surface area contributed by atoms with Crippen LogP contribution in [0.25, 0.3) is 0 Å². The third kappa shape index (κ3) is 3.01. The van der Waals surface area contributed by atoms with Crippen LogP contribution in [0.3, 0.4) is 0 Å². The van der Waals surface area contributed by atoms with Crippen molar-refractivity contribution in [3.63, 3.8) is 0 Å². The summed E-state index contributed by atoms with van der Waals surface area (Å²) in [5.74, 6) is -7.75. The topological polar surface area (TPSA) is 92.7 Å². The number of halogens is 3. The maximum Gasteiger partial charge on any atom is 0.310 e. The molecule has 0 aliphatic carbocycles. The number of nitrogens with one attached hydrogen (secondary N) is 1. The molecule has 1 aromatic rings. The Labute approximate surface area is 117 Å². The fourth-order valence-electron chi connectivity index (χ4n) is 1.89. The molecular formula is C11H10F3NO5S. The zero-order valence-corrected chi connectivity index (χ0v) is 11.2. The predicted octanol–water partition coefficient (Wildman–Crippen LogP) is 0.482. The summed E-state index contributed by atoms with van der Waals surface area (Å²) in [4.78, 5) is 9.80. The minimum Gasteiger partial charge on any atom is -0.481 e. The number of carboxylic acid groups (broad SMARTS) is 1. The molecule has 0 bridgehead atoms. The van der Waals surface area contributed by atoms with Crippen molar-refractivity contribution in [3.05, 3.63) is 29.6 Å². The maximum absolute atomic E-state index is 13.5. The van der Waals surface area contributed by atoms with Crippen molar-refractivity contribution < 1.29 is 36.2 Å². The van der Waals surface area contributed by atoms with Crippen LogP contribution in [0.1, 0.15) is 0 Å². The standard InChI is InChI=1S/C11H10F3NO5S/c12-6-1-2-8(10(14)9(6)13)21(18,19)15-7-4-20-3-5(7)11(16)17/h1-2,5,7,15H,3-4H2,(H,16,17). The fraction of sp³-hybridized carbons (Fsp3) is 0.364. The molecule has 21 heavy (non-hydrogen) atoms. The maximum atomic E-state index is 13.5. The van der Waals surface area contributed by atoms with Gasteiger partial charge in [0.25, 0.3) is 0 Å². The van der Waals surface area contributed by atoms with E-state index in [0.29, 0.717) is 12.1 Å². The molecule has 0 aromatic heterocycles. The molecule has 1 heterocycles. The number of carbonyl (C=O) groups is 1. The number of rotatable bonds is 4. The summed E-state index contributed by atoms with van der Waals surface area (Å²) >= 11 is 0. The molecule has 1 aliphatic rings. The minimum atomic E-state index is -4.56. The van der Waals surface area contributed by atoms with Gasteiger partial charge >= 0.3 is 5.97 Å². The molecule has 1 aliphatic heterocycles. The van der Waals surface area contributed by atoms with E-state index in [2.05, 4.69) is 0 Å². The third-order valence-corrected chi connectivity index (χ3v) is 4.50. The average Bonchev–Trinajstić information content (AvgIpc) is 2.83. The van der Waals surface area contributed by atoms with Gasteiger partial charge in [-0.1, -0.05) is 0 Å². The van der Waals surface area contributed by atoms with E-state index in [9.17, 15) is 26.4 Å². The molecular weight excluding hydrogens is 315 g/mol. The largest absolute Gasteiger partial charge is 0.481 e. The molecule has 2 unspecified atom stereocenters. The Kier molecular flexibility index (Phi) is 4.21. The van der Waals surface area contributed by atoms with Crippen molar-refractivity contribution in [2.24, 2.45) is 5.92 Å². The van der Waals surface area contributed by atoms with Gasteiger partial charge < -0.3 is 9.84 Å². The summed E-state index contributed by atoms with van der Waals surface area (Å²) in [5.41, 5.74) is 0. The van der Waals surface area contributed by atoms with Gasteiger partial charge in [-0.05, 0) is 12.1 Å². The zero-order valence-electron chi connectivity index (χ0n) is 10.3. The summed E-state index contributed by atoms with van der Waals surface area (Å²) < 4.78 is 70.1. The number of benzene rings is 1. The van der Waals surface area contributed by atoms with Crippen molar-refractivity contribution in [3.8, 4) is 0 Å². The second kappa shape index (κ2) is 5.62. The summed E-state index contributed by atoms with van der Waals surface area (Å²) in [5, 5.41) is 8.89. The molecule has 2 atom stereocenters. The van der Waals surface area contributed by atoms with E-state index in [-0.39, 0.29) is 13.2 Å². The van der Waals surface area contributed by atoms with Gasteiger partial charge in [0.15, 0.2) is 17.5 Å². The quantitative estimate of drug-likeness (QED) is 0.786. The molecule has 2 rings (SSSR count). The summed E-state index contributed by atoms with van der Waals surface area (Å²) in [6.07, 6.45) is 0. The Morgan fingerprint density at radius 3 is 2.52 bits per heavy atom. The van der Waals surface area contributed by atoms with Gasteiger partial charge in [0.05, 0.1) is 25.2 Å². The third-order valence-electron chi connectivity index (χ3n) is 2.99. The molecule has 0 spiro atoms. The van der Waals surface area contributed by atoms with Crippen molar-refractivity contribution in [1.82, 2.24) is 4.72 Å². The number of sulfonamides is 1. The molecule has 6 nitrogen and oxygen atoms in total. The number of hydrogen-bond donors (Lipinski definition) is 2. The van der Waals surface area contributed by atoms with Crippen LogP contribution in [0.15, 0.2) is 17.0 Å². The van der Waals surface area contributed by atoms with Crippen molar-refractivity contribution in [2.45, 2.75) is 10.9 Å². The first-order chi connectivity index (χ1) is 9.74. The van der Waals surface area contributed by atoms with Crippen LogP contribution in [-0.4, -0.2) is 38.7 Å². The van der Waals surface area contributed by atoms with Crippen LogP contribution in [0.5, 0.6) is 0 Å². The fourth-order valence-corrected chi connectivity index (χ4v) is 3.22. The summed E-state index contributed by atoms with van der Waals surface area (Å²) in [7, 11) is -4.56. The number of hydrogen-bond acceptors (Lipinski definition) is 4. The highest BCUT2D eigenvalue weighted by molar-refractivity contribution is 7.89. The Bertz CT molecular complexity index is 679. The summed E-state index contributed by atoms with van der Waals surface area (Å²) in [6.45, 7) is -0.426. The number of ether oxygens (including phenoxy) is 1. The Morgan fingerprint density at radius 1 is 1.24 bits per heavy atom. The molecule has 1 fully saturated rings. The lowest BCUT2D eigenvalue weighted by Gasteiger charge is -2.16. The first-order valence-electron chi connectivity index (χ1n) is 5.70. The monoisotopic (exact) mass is 325 g/mol. The van der Waals surface area contributed by atoms with Crippen LogP contribution in [0.4, 0.5) is 13.2 Å². The molecule has 0 radical (unpaired) electrons. The highest BCUT2D eigenvalue weighted by atomic mass is 32.2. The Morgan fingerprint density at radius 2 is 1.90 bits per heavy atom. The Hall–Kier alpha value is -1.65. The van der Waals surface area contributed by atoms with E-state index >= 15 is 0 Å². The highest BCUT2D eigenvalue weighted by Crippen LogP contribution is 2.22. The van der Waals surface area contributed by atoms with Crippen molar-refractivity contribution in [1.29, 1.82) is 0 Å². The second-order valence-corrected chi connectivity index (χ2v) is 6.07. The SMILES string of the molecule is O=C(O)C1COCC1NS(=O)(=O)c1ccc(F)c(F)c1F.